The molecule has 3 heteroatoms. The molecule has 0 aliphatic heterocycles. The van der Waals surface area contributed by atoms with Crippen LogP contribution >= 0.6 is 0 Å². The largest absolute Gasteiger partial charge is 0.477 e. The third kappa shape index (κ3) is 2.93. The third-order valence-corrected chi connectivity index (χ3v) is 1.67. The first kappa shape index (κ1) is 9.84. The molecule has 1 rings (SSSR count). The highest BCUT2D eigenvalue weighted by molar-refractivity contribution is 5.43. The molecule has 3 nitrogen and oxygen atoms in total. The van der Waals surface area contributed by atoms with E-state index in [0.717, 1.165) is 5.69 Å². The highest BCUT2D eigenvalue weighted by atomic mass is 16.5. The van der Waals surface area contributed by atoms with Gasteiger partial charge in [0.1, 0.15) is 0 Å². The summed E-state index contributed by atoms with van der Waals surface area (Å²) in [6.07, 6.45) is 0. The number of hydrogen-bond donors (Lipinski definition) is 1. The Hall–Kier alpha value is -1.25. The number of hydrogen-bond acceptors (Lipinski definition) is 3. The summed E-state index contributed by atoms with van der Waals surface area (Å²) < 4.78 is 5.44. The molecule has 0 bridgehead atoms. The zero-order valence-electron chi connectivity index (χ0n) is 8.37. The molecule has 0 spiro atoms. The first-order valence-corrected chi connectivity index (χ1v) is 4.45. The summed E-state index contributed by atoms with van der Waals surface area (Å²) in [5.41, 5.74) is 7.15. The molecular weight excluding hydrogens is 164 g/mol. The number of aromatic nitrogens is 1. The lowest BCUT2D eigenvalue weighted by molar-refractivity contribution is 0.261. The smallest absolute Gasteiger partial charge is 0.213 e. The van der Waals surface area contributed by atoms with E-state index >= 15 is 0 Å². The molecule has 72 valence electrons. The standard InChI is InChI=1S/C10H16N2O/c1-7(2)6-13-10-5-4-9(11)8(3)12-10/h4-5,7H,6,11H2,1-3H3. The Balaban J connectivity index is 2.63. The highest BCUT2D eigenvalue weighted by Gasteiger charge is 2.00. The number of rotatable bonds is 3. The quantitative estimate of drug-likeness (QED) is 0.774. The van der Waals surface area contributed by atoms with Crippen LogP contribution in [0.4, 0.5) is 5.69 Å². The third-order valence-electron chi connectivity index (χ3n) is 1.67. The van der Waals surface area contributed by atoms with Gasteiger partial charge in [-0.1, -0.05) is 13.8 Å². The second kappa shape index (κ2) is 4.12. The molecule has 2 N–H and O–H groups in total. The summed E-state index contributed by atoms with van der Waals surface area (Å²) in [6.45, 7) is 6.77. The van der Waals surface area contributed by atoms with E-state index in [1.165, 1.54) is 0 Å². The molecule has 0 aromatic carbocycles. The van der Waals surface area contributed by atoms with E-state index in [2.05, 4.69) is 18.8 Å². The number of nitrogen functional groups attached to an aromatic ring is 1. The average Bonchev–Trinajstić information content (AvgIpc) is 2.07. The van der Waals surface area contributed by atoms with Crippen molar-refractivity contribution in [3.05, 3.63) is 17.8 Å². The molecule has 0 saturated carbocycles. The highest BCUT2D eigenvalue weighted by Crippen LogP contribution is 2.14. The fourth-order valence-corrected chi connectivity index (χ4v) is 0.881. The number of nitrogens with two attached hydrogens (primary N) is 1. The zero-order valence-corrected chi connectivity index (χ0v) is 8.37. The summed E-state index contributed by atoms with van der Waals surface area (Å²) in [5, 5.41) is 0. The Kier molecular flexibility index (Phi) is 3.12. The fraction of sp³-hybridized carbons (Fsp3) is 0.500. The van der Waals surface area contributed by atoms with Crippen LogP contribution in [-0.2, 0) is 0 Å². The average molecular weight is 180 g/mol. The van der Waals surface area contributed by atoms with Crippen LogP contribution in [-0.4, -0.2) is 11.6 Å². The number of nitrogens with zero attached hydrogens (tertiary/aromatic N) is 1. The molecule has 13 heavy (non-hydrogen) atoms. The molecule has 0 aliphatic rings. The molecule has 0 radical (unpaired) electrons. The van der Waals surface area contributed by atoms with Gasteiger partial charge in [-0.3, -0.25) is 0 Å². The molecule has 0 saturated heterocycles. The topological polar surface area (TPSA) is 48.1 Å². The van der Waals surface area contributed by atoms with Crippen LogP contribution in [0.15, 0.2) is 12.1 Å². The minimum Gasteiger partial charge on any atom is -0.477 e. The monoisotopic (exact) mass is 180 g/mol. The van der Waals surface area contributed by atoms with Crippen molar-refractivity contribution in [3.8, 4) is 5.88 Å². The van der Waals surface area contributed by atoms with Crippen molar-refractivity contribution in [2.75, 3.05) is 12.3 Å². The lowest BCUT2D eigenvalue weighted by atomic mass is 10.2. The van der Waals surface area contributed by atoms with Crippen molar-refractivity contribution in [2.45, 2.75) is 20.8 Å². The Morgan fingerprint density at radius 3 is 2.69 bits per heavy atom. The van der Waals surface area contributed by atoms with Crippen LogP contribution < -0.4 is 10.5 Å². The first-order chi connectivity index (χ1) is 6.09. The molecule has 1 aromatic heterocycles. The first-order valence-electron chi connectivity index (χ1n) is 4.45. The van der Waals surface area contributed by atoms with Gasteiger partial charge in [0.2, 0.25) is 5.88 Å². The van der Waals surface area contributed by atoms with E-state index in [9.17, 15) is 0 Å². The van der Waals surface area contributed by atoms with Gasteiger partial charge < -0.3 is 10.5 Å². The van der Waals surface area contributed by atoms with E-state index < -0.39 is 0 Å². The molecular formula is C10H16N2O. The normalized spacial score (nSPS) is 10.5. The predicted octanol–water partition coefficient (Wildman–Crippen LogP) is 2.01. The molecule has 0 unspecified atom stereocenters. The van der Waals surface area contributed by atoms with Crippen molar-refractivity contribution in [3.63, 3.8) is 0 Å². The number of pyridine rings is 1. The van der Waals surface area contributed by atoms with Gasteiger partial charge in [-0.05, 0) is 18.9 Å². The van der Waals surface area contributed by atoms with Gasteiger partial charge in [0, 0.05) is 6.07 Å². The van der Waals surface area contributed by atoms with Gasteiger partial charge in [-0.2, -0.15) is 0 Å². The van der Waals surface area contributed by atoms with Crippen molar-refractivity contribution in [1.29, 1.82) is 0 Å². The lowest BCUT2D eigenvalue weighted by Gasteiger charge is -2.08. The van der Waals surface area contributed by atoms with Crippen LogP contribution in [0.5, 0.6) is 5.88 Å². The van der Waals surface area contributed by atoms with E-state index in [4.69, 9.17) is 10.5 Å². The molecule has 1 heterocycles. The fourth-order valence-electron chi connectivity index (χ4n) is 0.881. The second-order valence-electron chi connectivity index (χ2n) is 3.53. The van der Waals surface area contributed by atoms with Gasteiger partial charge >= 0.3 is 0 Å². The summed E-state index contributed by atoms with van der Waals surface area (Å²) in [4.78, 5) is 4.20. The van der Waals surface area contributed by atoms with E-state index in [0.29, 0.717) is 24.1 Å². The number of ether oxygens (including phenoxy) is 1. The maximum Gasteiger partial charge on any atom is 0.213 e. The Morgan fingerprint density at radius 2 is 2.15 bits per heavy atom. The SMILES string of the molecule is Cc1nc(OCC(C)C)ccc1N. The van der Waals surface area contributed by atoms with Crippen LogP contribution in [0.1, 0.15) is 19.5 Å². The lowest BCUT2D eigenvalue weighted by Crippen LogP contribution is -2.06. The molecule has 0 amide bonds. The Labute approximate surface area is 78.9 Å². The van der Waals surface area contributed by atoms with Crippen LogP contribution in [0, 0.1) is 12.8 Å². The number of aryl methyl sites for hydroxylation is 1. The molecule has 1 aromatic rings. The van der Waals surface area contributed by atoms with Crippen molar-refractivity contribution in [1.82, 2.24) is 4.98 Å². The van der Waals surface area contributed by atoms with Gasteiger partial charge in [0.15, 0.2) is 0 Å². The van der Waals surface area contributed by atoms with E-state index in [1.54, 1.807) is 6.07 Å². The van der Waals surface area contributed by atoms with Gasteiger partial charge in [0.05, 0.1) is 18.0 Å². The van der Waals surface area contributed by atoms with Gasteiger partial charge in [-0.15, -0.1) is 0 Å². The van der Waals surface area contributed by atoms with E-state index in [1.807, 2.05) is 13.0 Å². The summed E-state index contributed by atoms with van der Waals surface area (Å²) >= 11 is 0. The Bertz CT molecular complexity index is 284. The molecule has 0 aliphatic carbocycles. The van der Waals surface area contributed by atoms with Crippen molar-refractivity contribution >= 4 is 5.69 Å². The second-order valence-corrected chi connectivity index (χ2v) is 3.53. The van der Waals surface area contributed by atoms with E-state index in [-0.39, 0.29) is 0 Å². The predicted molar refractivity (Wildman–Crippen MR) is 53.7 cm³/mol. The minimum atomic E-state index is 0.514. The van der Waals surface area contributed by atoms with Gasteiger partial charge in [-0.25, -0.2) is 4.98 Å². The summed E-state index contributed by atoms with van der Waals surface area (Å²) in [5.74, 6) is 1.17. The van der Waals surface area contributed by atoms with Crippen molar-refractivity contribution < 1.29 is 4.74 Å². The molecule has 0 fully saturated rings. The van der Waals surface area contributed by atoms with Crippen molar-refractivity contribution in [2.24, 2.45) is 5.92 Å². The molecule has 0 atom stereocenters. The maximum atomic E-state index is 5.63. The van der Waals surface area contributed by atoms with Crippen LogP contribution in [0.3, 0.4) is 0 Å². The Morgan fingerprint density at radius 1 is 1.46 bits per heavy atom. The minimum absolute atomic E-state index is 0.514. The van der Waals surface area contributed by atoms with Gasteiger partial charge in [0.25, 0.3) is 0 Å². The maximum absolute atomic E-state index is 5.63. The van der Waals surface area contributed by atoms with Crippen LogP contribution in [0.25, 0.3) is 0 Å². The summed E-state index contributed by atoms with van der Waals surface area (Å²) in [7, 11) is 0. The zero-order chi connectivity index (χ0) is 9.84. The number of anilines is 1. The van der Waals surface area contributed by atoms with Crippen LogP contribution in [0.2, 0.25) is 0 Å². The summed E-state index contributed by atoms with van der Waals surface area (Å²) in [6, 6.07) is 3.61.